The lowest BCUT2D eigenvalue weighted by Gasteiger charge is -2.13. The summed E-state index contributed by atoms with van der Waals surface area (Å²) in [5.41, 5.74) is 0.108. The van der Waals surface area contributed by atoms with Gasteiger partial charge in [-0.05, 0) is 31.9 Å². The highest BCUT2D eigenvalue weighted by molar-refractivity contribution is 7.13. The van der Waals surface area contributed by atoms with Crippen LogP contribution in [0.5, 0.6) is 0 Å². The van der Waals surface area contributed by atoms with Crippen LogP contribution in [0.2, 0.25) is 0 Å². The van der Waals surface area contributed by atoms with E-state index in [4.69, 9.17) is 0 Å². The molecule has 0 unspecified atom stereocenters. The monoisotopic (exact) mass is 341 g/mol. The Morgan fingerprint density at radius 3 is 2.62 bits per heavy atom. The molecule has 24 heavy (non-hydrogen) atoms. The summed E-state index contributed by atoms with van der Waals surface area (Å²) in [7, 11) is 0. The molecule has 0 aliphatic heterocycles. The van der Waals surface area contributed by atoms with Gasteiger partial charge >= 0.3 is 11.1 Å². The molecule has 0 N–H and O–H groups in total. The molecule has 1 fully saturated rings. The maximum atomic E-state index is 12.3. The fraction of sp³-hybridized carbons (Fsp3) is 0.312. The van der Waals surface area contributed by atoms with E-state index in [0.29, 0.717) is 11.4 Å². The van der Waals surface area contributed by atoms with Gasteiger partial charge in [0.1, 0.15) is 10.7 Å². The van der Waals surface area contributed by atoms with Crippen LogP contribution in [0.4, 0.5) is 0 Å². The Balaban J connectivity index is 1.61. The van der Waals surface area contributed by atoms with Gasteiger partial charge in [-0.2, -0.15) is 5.10 Å². The summed E-state index contributed by atoms with van der Waals surface area (Å²) < 4.78 is 2.92. The summed E-state index contributed by atoms with van der Waals surface area (Å²) in [6.07, 6.45) is 6.91. The van der Waals surface area contributed by atoms with Crippen LogP contribution in [0.1, 0.15) is 25.5 Å². The van der Waals surface area contributed by atoms with Crippen molar-refractivity contribution in [2.75, 3.05) is 0 Å². The van der Waals surface area contributed by atoms with Crippen molar-refractivity contribution in [1.29, 1.82) is 0 Å². The van der Waals surface area contributed by atoms with Gasteiger partial charge in [-0.15, -0.1) is 16.4 Å². The molecule has 0 amide bonds. The number of hydrogen-bond donors (Lipinski definition) is 0. The minimum Gasteiger partial charge on any atom is -0.304 e. The van der Waals surface area contributed by atoms with Crippen molar-refractivity contribution >= 4 is 11.3 Å². The average Bonchev–Trinajstić information content (AvgIpc) is 3.11. The molecule has 0 aromatic carbocycles. The first-order valence-corrected chi connectivity index (χ1v) is 8.50. The van der Waals surface area contributed by atoms with E-state index in [1.807, 2.05) is 18.4 Å². The van der Waals surface area contributed by atoms with Gasteiger partial charge in [0.25, 0.3) is 0 Å². The smallest absolute Gasteiger partial charge is 0.304 e. The highest BCUT2D eigenvalue weighted by atomic mass is 32.1. The molecule has 1 saturated carbocycles. The zero-order valence-corrected chi connectivity index (χ0v) is 13.9. The van der Waals surface area contributed by atoms with Crippen LogP contribution in [0.15, 0.2) is 45.7 Å². The molecule has 3 aromatic heterocycles. The Kier molecular flexibility index (Phi) is 3.42. The first-order chi connectivity index (χ1) is 11.6. The van der Waals surface area contributed by atoms with Crippen molar-refractivity contribution in [3.63, 3.8) is 0 Å². The van der Waals surface area contributed by atoms with Crippen LogP contribution in [0.3, 0.4) is 0 Å². The second-order valence-electron chi connectivity index (χ2n) is 6.15. The fourth-order valence-corrected chi connectivity index (χ4v) is 3.16. The third-order valence-corrected chi connectivity index (χ3v) is 5.11. The molecule has 122 valence electrons. The standard InChI is InChI=1S/C16H15N5O2S/c1-16(4-5-16)21-8-7-20(14(22)15(21)23)10-11-2-3-12(19-18-11)13-17-6-9-24-13/h2-3,6-9H,4-5,10H2,1H3. The second-order valence-corrected chi connectivity index (χ2v) is 7.05. The fourth-order valence-electron chi connectivity index (χ4n) is 2.56. The maximum absolute atomic E-state index is 12.3. The lowest BCUT2D eigenvalue weighted by Crippen LogP contribution is -2.43. The Morgan fingerprint density at radius 1 is 1.17 bits per heavy atom. The number of thiazole rings is 1. The van der Waals surface area contributed by atoms with E-state index in [9.17, 15) is 9.59 Å². The van der Waals surface area contributed by atoms with E-state index >= 15 is 0 Å². The van der Waals surface area contributed by atoms with Crippen LogP contribution in [0, 0.1) is 0 Å². The Hall–Kier alpha value is -2.61. The SMILES string of the molecule is CC1(n2ccn(Cc3ccc(-c4nccs4)nn3)c(=O)c2=O)CC1. The Bertz CT molecular complexity index is 985. The molecule has 3 aromatic rings. The van der Waals surface area contributed by atoms with E-state index in [2.05, 4.69) is 15.2 Å². The summed E-state index contributed by atoms with van der Waals surface area (Å²) in [4.78, 5) is 28.7. The molecular weight excluding hydrogens is 326 g/mol. The van der Waals surface area contributed by atoms with Gasteiger partial charge in [0.2, 0.25) is 0 Å². The molecule has 0 saturated heterocycles. The van der Waals surface area contributed by atoms with Gasteiger partial charge in [0, 0.05) is 29.5 Å². The minimum absolute atomic E-state index is 0.190. The molecule has 8 heteroatoms. The van der Waals surface area contributed by atoms with Crippen molar-refractivity contribution in [3.05, 3.63) is 62.5 Å². The summed E-state index contributed by atoms with van der Waals surface area (Å²) in [6.45, 7) is 2.21. The predicted molar refractivity (Wildman–Crippen MR) is 90.1 cm³/mol. The number of nitrogens with zero attached hydrogens (tertiary/aromatic N) is 5. The lowest BCUT2D eigenvalue weighted by molar-refractivity contribution is 0.495. The summed E-state index contributed by atoms with van der Waals surface area (Å²) in [5.74, 6) is 0. The van der Waals surface area contributed by atoms with Crippen molar-refractivity contribution in [2.45, 2.75) is 31.8 Å². The van der Waals surface area contributed by atoms with Gasteiger partial charge < -0.3 is 9.13 Å². The van der Waals surface area contributed by atoms with Gasteiger partial charge in [-0.25, -0.2) is 4.98 Å². The first-order valence-electron chi connectivity index (χ1n) is 7.62. The van der Waals surface area contributed by atoms with E-state index in [0.717, 1.165) is 17.8 Å². The molecule has 4 rings (SSSR count). The Labute approximate surface area is 141 Å². The van der Waals surface area contributed by atoms with E-state index in [1.165, 1.54) is 15.9 Å². The summed E-state index contributed by atoms with van der Waals surface area (Å²) in [6, 6.07) is 3.61. The molecular formula is C16H15N5O2S. The highest BCUT2D eigenvalue weighted by Crippen LogP contribution is 2.41. The molecule has 1 aliphatic carbocycles. The normalized spacial score (nSPS) is 15.4. The zero-order valence-electron chi connectivity index (χ0n) is 13.0. The summed E-state index contributed by atoms with van der Waals surface area (Å²) >= 11 is 1.49. The molecule has 7 nitrogen and oxygen atoms in total. The van der Waals surface area contributed by atoms with Gasteiger partial charge in [0.05, 0.1) is 12.2 Å². The van der Waals surface area contributed by atoms with Crippen LogP contribution >= 0.6 is 11.3 Å². The molecule has 0 spiro atoms. The largest absolute Gasteiger partial charge is 0.316 e. The maximum Gasteiger partial charge on any atom is 0.316 e. The van der Waals surface area contributed by atoms with E-state index < -0.39 is 11.1 Å². The van der Waals surface area contributed by atoms with Crippen molar-refractivity contribution in [3.8, 4) is 10.7 Å². The molecule has 0 bridgehead atoms. The van der Waals surface area contributed by atoms with Gasteiger partial charge in [-0.3, -0.25) is 9.59 Å². The van der Waals surface area contributed by atoms with Crippen LogP contribution in [-0.2, 0) is 12.1 Å². The average molecular weight is 341 g/mol. The second kappa shape index (κ2) is 5.48. The number of aromatic nitrogens is 5. The molecule has 1 aliphatic rings. The third-order valence-electron chi connectivity index (χ3n) is 4.32. The van der Waals surface area contributed by atoms with Crippen molar-refractivity contribution < 1.29 is 0 Å². The van der Waals surface area contributed by atoms with E-state index in [-0.39, 0.29) is 12.1 Å². The number of hydrogen-bond acceptors (Lipinski definition) is 6. The van der Waals surface area contributed by atoms with Crippen LogP contribution in [-0.4, -0.2) is 24.3 Å². The first kappa shape index (κ1) is 14.9. The lowest BCUT2D eigenvalue weighted by atomic mass is 10.3. The van der Waals surface area contributed by atoms with Crippen LogP contribution in [0.25, 0.3) is 10.7 Å². The topological polar surface area (TPSA) is 82.7 Å². The minimum atomic E-state index is -0.531. The number of rotatable bonds is 4. The van der Waals surface area contributed by atoms with Crippen molar-refractivity contribution in [2.24, 2.45) is 0 Å². The summed E-state index contributed by atoms with van der Waals surface area (Å²) in [5, 5.41) is 10.9. The highest BCUT2D eigenvalue weighted by Gasteiger charge is 2.40. The molecule has 0 atom stereocenters. The molecule has 0 radical (unpaired) electrons. The predicted octanol–water partition coefficient (Wildman–Crippen LogP) is 1.48. The molecule has 3 heterocycles. The third kappa shape index (κ3) is 2.58. The van der Waals surface area contributed by atoms with Crippen molar-refractivity contribution in [1.82, 2.24) is 24.3 Å². The zero-order chi connectivity index (χ0) is 16.7. The Morgan fingerprint density at radius 2 is 2.00 bits per heavy atom. The van der Waals surface area contributed by atoms with Gasteiger partial charge in [-0.1, -0.05) is 0 Å². The van der Waals surface area contributed by atoms with E-state index in [1.54, 1.807) is 29.2 Å². The quantitative estimate of drug-likeness (QED) is 0.671. The van der Waals surface area contributed by atoms with Crippen LogP contribution < -0.4 is 11.1 Å². The van der Waals surface area contributed by atoms with Gasteiger partial charge in [0.15, 0.2) is 0 Å².